The Morgan fingerprint density at radius 2 is 1.66 bits per heavy atom. The number of nitrogens with one attached hydrogen (secondary N) is 2. The maximum atomic E-state index is 13.1. The fourth-order valence-corrected chi connectivity index (χ4v) is 10.1. The average molecular weight is 572 g/mol. The van der Waals surface area contributed by atoms with Crippen LogP contribution < -0.4 is 10.6 Å². The van der Waals surface area contributed by atoms with Crippen molar-refractivity contribution in [2.45, 2.75) is 94.0 Å². The lowest BCUT2D eigenvalue weighted by Crippen LogP contribution is -2.55. The van der Waals surface area contributed by atoms with Gasteiger partial charge in [0.25, 0.3) is 5.91 Å². The van der Waals surface area contributed by atoms with E-state index < -0.39 is 6.04 Å². The Morgan fingerprint density at radius 3 is 2.34 bits per heavy atom. The SMILES string of the molecule is CC(NCCc1ccc(CSc2cccc3c2CN(C2CCC(=O)NC2=O)C3=O)cc1)C12CC3CC(CC(C3)C1)C2. The van der Waals surface area contributed by atoms with Crippen LogP contribution in [0, 0.1) is 23.2 Å². The van der Waals surface area contributed by atoms with Crippen molar-refractivity contribution < 1.29 is 14.4 Å². The Morgan fingerprint density at radius 1 is 0.976 bits per heavy atom. The molecule has 2 aromatic rings. The Labute approximate surface area is 247 Å². The van der Waals surface area contributed by atoms with Crippen LogP contribution in [0.25, 0.3) is 0 Å². The van der Waals surface area contributed by atoms with Gasteiger partial charge in [0.15, 0.2) is 0 Å². The molecule has 2 heterocycles. The van der Waals surface area contributed by atoms with Gasteiger partial charge < -0.3 is 10.2 Å². The molecule has 2 N–H and O–H groups in total. The zero-order valence-corrected chi connectivity index (χ0v) is 24.8. The monoisotopic (exact) mass is 571 g/mol. The second-order valence-corrected chi connectivity index (χ2v) is 14.5. The van der Waals surface area contributed by atoms with Gasteiger partial charge in [-0.05, 0) is 117 Å². The minimum absolute atomic E-state index is 0.118. The minimum atomic E-state index is -0.581. The Kier molecular flexibility index (Phi) is 7.22. The van der Waals surface area contributed by atoms with Gasteiger partial charge in [-0.2, -0.15) is 0 Å². The predicted molar refractivity (Wildman–Crippen MR) is 160 cm³/mol. The van der Waals surface area contributed by atoms with Crippen LogP contribution in [0.3, 0.4) is 0 Å². The molecule has 6 aliphatic rings. The van der Waals surface area contributed by atoms with Gasteiger partial charge in [-0.3, -0.25) is 19.7 Å². The van der Waals surface area contributed by atoms with Crippen LogP contribution in [0.1, 0.15) is 85.3 Å². The summed E-state index contributed by atoms with van der Waals surface area (Å²) >= 11 is 1.74. The van der Waals surface area contributed by atoms with E-state index >= 15 is 0 Å². The van der Waals surface area contributed by atoms with Gasteiger partial charge in [-0.25, -0.2) is 0 Å². The molecule has 0 aromatic heterocycles. The van der Waals surface area contributed by atoms with Crippen LogP contribution >= 0.6 is 11.8 Å². The number of carbonyl (C=O) groups excluding carboxylic acids is 3. The molecule has 0 spiro atoms. The molecule has 3 amide bonds. The Bertz CT molecular complexity index is 1320. The Balaban J connectivity index is 0.920. The zero-order chi connectivity index (χ0) is 28.1. The molecule has 216 valence electrons. The number of hydrogen-bond acceptors (Lipinski definition) is 5. The highest BCUT2D eigenvalue weighted by Gasteiger charge is 2.52. The number of thioether (sulfide) groups is 1. The van der Waals surface area contributed by atoms with Crippen molar-refractivity contribution in [3.05, 3.63) is 64.7 Å². The second kappa shape index (κ2) is 10.9. The quantitative estimate of drug-likeness (QED) is 0.308. The van der Waals surface area contributed by atoms with Gasteiger partial charge in [0.2, 0.25) is 11.8 Å². The summed E-state index contributed by atoms with van der Waals surface area (Å²) in [4.78, 5) is 39.8. The van der Waals surface area contributed by atoms with E-state index in [2.05, 4.69) is 47.9 Å². The predicted octanol–water partition coefficient (Wildman–Crippen LogP) is 5.48. The van der Waals surface area contributed by atoms with Gasteiger partial charge in [0.05, 0.1) is 0 Å². The van der Waals surface area contributed by atoms with Crippen molar-refractivity contribution in [1.82, 2.24) is 15.5 Å². The molecule has 2 atom stereocenters. The lowest BCUT2D eigenvalue weighted by Gasteiger charge is -2.59. The first-order valence-corrected chi connectivity index (χ1v) is 16.6. The fraction of sp³-hybridized carbons (Fsp3) is 0.559. The van der Waals surface area contributed by atoms with Crippen LogP contribution in [-0.4, -0.2) is 41.2 Å². The highest BCUT2D eigenvalue weighted by Crippen LogP contribution is 2.61. The lowest BCUT2D eigenvalue weighted by molar-refractivity contribution is -0.136. The van der Waals surface area contributed by atoms with Gasteiger partial charge in [-0.1, -0.05) is 30.3 Å². The first-order valence-electron chi connectivity index (χ1n) is 15.6. The van der Waals surface area contributed by atoms with E-state index in [1.807, 2.05) is 12.1 Å². The van der Waals surface area contributed by atoms with E-state index in [1.165, 1.54) is 49.7 Å². The van der Waals surface area contributed by atoms with Gasteiger partial charge in [0, 0.05) is 35.2 Å². The van der Waals surface area contributed by atoms with E-state index in [-0.39, 0.29) is 24.1 Å². The molecule has 5 fully saturated rings. The van der Waals surface area contributed by atoms with Crippen molar-refractivity contribution in [2.75, 3.05) is 6.54 Å². The number of hydrogen-bond donors (Lipinski definition) is 2. The third-order valence-corrected chi connectivity index (χ3v) is 12.0. The minimum Gasteiger partial charge on any atom is -0.322 e. The maximum Gasteiger partial charge on any atom is 0.255 e. The maximum absolute atomic E-state index is 13.1. The second-order valence-electron chi connectivity index (χ2n) is 13.5. The van der Waals surface area contributed by atoms with E-state index in [4.69, 9.17) is 0 Å². The number of rotatable bonds is 9. The number of imide groups is 1. The molecular formula is C34H41N3O3S. The summed E-state index contributed by atoms with van der Waals surface area (Å²) in [5, 5.41) is 6.31. The van der Waals surface area contributed by atoms with Gasteiger partial charge >= 0.3 is 0 Å². The largest absolute Gasteiger partial charge is 0.322 e. The van der Waals surface area contributed by atoms with E-state index in [0.717, 1.165) is 46.9 Å². The number of fused-ring (bicyclic) bond motifs is 1. The van der Waals surface area contributed by atoms with E-state index in [0.29, 0.717) is 30.0 Å². The van der Waals surface area contributed by atoms with Gasteiger partial charge in [-0.15, -0.1) is 11.8 Å². The van der Waals surface area contributed by atoms with Gasteiger partial charge in [0.1, 0.15) is 6.04 Å². The van der Waals surface area contributed by atoms with Crippen LogP contribution in [0.2, 0.25) is 0 Å². The van der Waals surface area contributed by atoms with Crippen LogP contribution in [0.4, 0.5) is 0 Å². The number of nitrogens with zero attached hydrogens (tertiary/aromatic N) is 1. The highest BCUT2D eigenvalue weighted by molar-refractivity contribution is 7.98. The lowest BCUT2D eigenvalue weighted by atomic mass is 9.48. The third kappa shape index (κ3) is 5.25. The summed E-state index contributed by atoms with van der Waals surface area (Å²) in [5.41, 5.74) is 4.85. The molecule has 1 saturated heterocycles. The van der Waals surface area contributed by atoms with Crippen molar-refractivity contribution in [2.24, 2.45) is 23.2 Å². The number of amides is 3. The summed E-state index contributed by atoms with van der Waals surface area (Å²) in [6, 6.07) is 14.8. The molecule has 4 aliphatic carbocycles. The normalized spacial score (nSPS) is 31.0. The molecule has 4 bridgehead atoms. The highest BCUT2D eigenvalue weighted by atomic mass is 32.2. The molecule has 2 aliphatic heterocycles. The van der Waals surface area contributed by atoms with Crippen molar-refractivity contribution in [3.63, 3.8) is 0 Å². The van der Waals surface area contributed by atoms with E-state index in [9.17, 15) is 14.4 Å². The number of piperidine rings is 1. The summed E-state index contributed by atoms with van der Waals surface area (Å²) in [7, 11) is 0. The Hall–Kier alpha value is -2.64. The fourth-order valence-electron chi connectivity index (χ4n) is 9.01. The summed E-state index contributed by atoms with van der Waals surface area (Å²) in [6.07, 6.45) is 10.6. The number of carbonyl (C=O) groups is 3. The molecule has 2 aromatic carbocycles. The van der Waals surface area contributed by atoms with E-state index in [1.54, 1.807) is 16.7 Å². The number of benzene rings is 2. The average Bonchev–Trinajstić information content (AvgIpc) is 3.28. The zero-order valence-electron chi connectivity index (χ0n) is 24.0. The standard InChI is InChI=1S/C34H41N3O3S/c1-21(34-16-24-13-25(17-34)15-26(14-24)18-34)35-12-11-22-5-7-23(8-6-22)20-41-30-4-2-3-27-28(30)19-37(33(27)40)29-9-10-31(38)36-32(29)39/h2-8,21,24-26,29,35H,9-20H2,1H3,(H,36,38,39). The molecule has 4 saturated carbocycles. The van der Waals surface area contributed by atoms with Crippen molar-refractivity contribution in [1.29, 1.82) is 0 Å². The van der Waals surface area contributed by atoms with Crippen molar-refractivity contribution in [3.8, 4) is 0 Å². The molecular weight excluding hydrogens is 530 g/mol. The molecule has 7 heteroatoms. The smallest absolute Gasteiger partial charge is 0.255 e. The molecule has 0 radical (unpaired) electrons. The van der Waals surface area contributed by atoms with Crippen molar-refractivity contribution >= 4 is 29.5 Å². The molecule has 6 nitrogen and oxygen atoms in total. The molecule has 41 heavy (non-hydrogen) atoms. The molecule has 2 unspecified atom stereocenters. The van der Waals surface area contributed by atoms with Crippen LogP contribution in [0.5, 0.6) is 0 Å². The summed E-state index contributed by atoms with van der Waals surface area (Å²) in [5.74, 6) is 3.07. The van der Waals surface area contributed by atoms with Crippen LogP contribution in [-0.2, 0) is 28.3 Å². The third-order valence-electron chi connectivity index (χ3n) is 10.8. The summed E-state index contributed by atoms with van der Waals surface area (Å²) < 4.78 is 0. The molecule has 8 rings (SSSR count). The first-order chi connectivity index (χ1) is 19.9. The van der Waals surface area contributed by atoms with Crippen LogP contribution in [0.15, 0.2) is 47.4 Å². The first kappa shape index (κ1) is 27.2. The summed E-state index contributed by atoms with van der Waals surface area (Å²) in [6.45, 7) is 3.90. The topological polar surface area (TPSA) is 78.5 Å².